The summed E-state index contributed by atoms with van der Waals surface area (Å²) in [6.45, 7) is 5.51. The number of halogens is 3. The number of rotatable bonds is 5. The topological polar surface area (TPSA) is 44.7 Å². The van der Waals surface area contributed by atoms with Crippen LogP contribution in [-0.4, -0.2) is 21.9 Å². The van der Waals surface area contributed by atoms with Crippen LogP contribution in [0, 0.1) is 0 Å². The lowest BCUT2D eigenvalue weighted by Gasteiger charge is -2.21. The van der Waals surface area contributed by atoms with Gasteiger partial charge in [0, 0.05) is 5.56 Å². The second kappa shape index (κ2) is 6.49. The number of ether oxygens (including phenoxy) is 1. The van der Waals surface area contributed by atoms with Crippen LogP contribution < -0.4 is 4.74 Å². The summed E-state index contributed by atoms with van der Waals surface area (Å²) in [5.41, 5.74) is 0.395. The minimum atomic E-state index is -4.73. The van der Waals surface area contributed by atoms with E-state index in [0.717, 1.165) is 0 Å². The average molecular weight is 307 g/mol. The Bertz CT molecular complexity index is 475. The molecular formula is C13H16F3NO2S. The maximum atomic E-state index is 12.1. The smallest absolute Gasteiger partial charge is 0.573 e. The van der Waals surface area contributed by atoms with Crippen LogP contribution in [0.2, 0.25) is 0 Å². The standard InChI is InChI=1S/C13H16F3NO2S/c1-4-12(2,3)20(18)17-9-10-6-5-7-11(8-10)19-13(14,15)16/h5-9H,4H2,1-3H3. The molecule has 0 aliphatic carbocycles. The van der Waals surface area contributed by atoms with E-state index in [-0.39, 0.29) is 5.75 Å². The van der Waals surface area contributed by atoms with Gasteiger partial charge in [-0.2, -0.15) is 0 Å². The van der Waals surface area contributed by atoms with Crippen LogP contribution in [0.15, 0.2) is 28.7 Å². The Hall–Kier alpha value is -1.21. The lowest BCUT2D eigenvalue weighted by Crippen LogP contribution is -2.29. The van der Waals surface area contributed by atoms with Crippen molar-refractivity contribution in [1.29, 1.82) is 0 Å². The van der Waals surface area contributed by atoms with Crippen molar-refractivity contribution < 1.29 is 22.5 Å². The van der Waals surface area contributed by atoms with Crippen molar-refractivity contribution in [3.05, 3.63) is 29.8 Å². The second-order valence-corrected chi connectivity index (χ2v) is 6.53. The molecule has 0 saturated carbocycles. The zero-order valence-electron chi connectivity index (χ0n) is 11.4. The Morgan fingerprint density at radius 1 is 1.35 bits per heavy atom. The first-order valence-corrected chi connectivity index (χ1v) is 7.06. The fourth-order valence-corrected chi connectivity index (χ4v) is 1.92. The Labute approximate surface area is 119 Å². The van der Waals surface area contributed by atoms with E-state index in [0.29, 0.717) is 12.0 Å². The van der Waals surface area contributed by atoms with E-state index >= 15 is 0 Å². The summed E-state index contributed by atoms with van der Waals surface area (Å²) in [5, 5.41) is 0. The summed E-state index contributed by atoms with van der Waals surface area (Å²) in [4.78, 5) is 0. The summed E-state index contributed by atoms with van der Waals surface area (Å²) < 4.78 is 55.3. The molecule has 0 heterocycles. The van der Waals surface area contributed by atoms with Gasteiger partial charge in [0.15, 0.2) is 0 Å². The highest BCUT2D eigenvalue weighted by molar-refractivity contribution is 7.91. The predicted molar refractivity (Wildman–Crippen MR) is 73.2 cm³/mol. The fraction of sp³-hybridized carbons (Fsp3) is 0.462. The van der Waals surface area contributed by atoms with Gasteiger partial charge in [-0.25, -0.2) is 0 Å². The molecule has 0 aromatic heterocycles. The maximum Gasteiger partial charge on any atom is 0.573 e. The molecule has 0 radical (unpaired) electrons. The largest absolute Gasteiger partial charge is 0.591 e. The van der Waals surface area contributed by atoms with Crippen molar-refractivity contribution in [3.8, 4) is 5.75 Å². The highest BCUT2D eigenvalue weighted by Crippen LogP contribution is 2.24. The number of hydrogen-bond donors (Lipinski definition) is 0. The molecule has 1 aromatic rings. The van der Waals surface area contributed by atoms with Gasteiger partial charge < -0.3 is 9.29 Å². The molecule has 0 bridgehead atoms. The molecule has 1 aromatic carbocycles. The minimum Gasteiger partial charge on any atom is -0.591 e. The zero-order valence-corrected chi connectivity index (χ0v) is 12.2. The molecule has 0 amide bonds. The van der Waals surface area contributed by atoms with E-state index < -0.39 is 22.5 Å². The minimum absolute atomic E-state index is 0.331. The van der Waals surface area contributed by atoms with Gasteiger partial charge in [0.1, 0.15) is 21.9 Å². The number of hydrogen-bond acceptors (Lipinski definition) is 3. The van der Waals surface area contributed by atoms with E-state index in [4.69, 9.17) is 0 Å². The van der Waals surface area contributed by atoms with Crippen molar-refractivity contribution >= 4 is 17.6 Å². The Kier molecular flexibility index (Phi) is 5.47. The molecule has 0 fully saturated rings. The summed E-state index contributed by atoms with van der Waals surface area (Å²) in [5.74, 6) is -0.331. The summed E-state index contributed by atoms with van der Waals surface area (Å²) in [7, 11) is 0. The lowest BCUT2D eigenvalue weighted by molar-refractivity contribution is -0.274. The van der Waals surface area contributed by atoms with Gasteiger partial charge in [0.05, 0.1) is 6.21 Å². The molecule has 0 N–H and O–H groups in total. The molecular weight excluding hydrogens is 291 g/mol. The van der Waals surface area contributed by atoms with E-state index in [1.807, 2.05) is 20.8 Å². The number of benzene rings is 1. The Morgan fingerprint density at radius 3 is 2.55 bits per heavy atom. The van der Waals surface area contributed by atoms with Crippen molar-refractivity contribution in [2.75, 3.05) is 0 Å². The molecule has 112 valence electrons. The van der Waals surface area contributed by atoms with Gasteiger partial charge in [-0.1, -0.05) is 23.5 Å². The summed E-state index contributed by atoms with van der Waals surface area (Å²) in [6.07, 6.45) is -2.77. The van der Waals surface area contributed by atoms with Crippen LogP contribution in [-0.2, 0) is 11.4 Å². The quantitative estimate of drug-likeness (QED) is 0.612. The first-order valence-electron chi connectivity index (χ1n) is 5.96. The van der Waals surface area contributed by atoms with E-state index in [1.165, 1.54) is 24.4 Å². The third-order valence-electron chi connectivity index (χ3n) is 2.71. The molecule has 1 atom stereocenters. The number of nitrogens with zero attached hydrogens (tertiary/aromatic N) is 1. The summed E-state index contributed by atoms with van der Waals surface area (Å²) >= 11 is -1.45. The summed E-state index contributed by atoms with van der Waals surface area (Å²) in [6, 6.07) is 5.35. The molecule has 1 rings (SSSR count). The molecule has 7 heteroatoms. The third kappa shape index (κ3) is 5.42. The zero-order chi connectivity index (χ0) is 15.4. The van der Waals surface area contributed by atoms with Gasteiger partial charge in [0.2, 0.25) is 0 Å². The maximum absolute atomic E-state index is 12.1. The first-order chi connectivity index (χ1) is 9.14. The van der Waals surface area contributed by atoms with Crippen molar-refractivity contribution in [2.45, 2.75) is 38.3 Å². The molecule has 0 spiro atoms. The molecule has 20 heavy (non-hydrogen) atoms. The van der Waals surface area contributed by atoms with Crippen LogP contribution in [0.25, 0.3) is 0 Å². The third-order valence-corrected chi connectivity index (χ3v) is 4.24. The molecule has 0 saturated heterocycles. The SMILES string of the molecule is CCC(C)(C)[S+]([O-])N=Cc1cccc(OC(F)(F)F)c1. The van der Waals surface area contributed by atoms with Gasteiger partial charge in [-0.15, -0.1) is 13.2 Å². The van der Waals surface area contributed by atoms with Crippen LogP contribution in [0.1, 0.15) is 32.8 Å². The van der Waals surface area contributed by atoms with Crippen LogP contribution in [0.3, 0.4) is 0 Å². The van der Waals surface area contributed by atoms with Crippen LogP contribution >= 0.6 is 0 Å². The van der Waals surface area contributed by atoms with Crippen LogP contribution in [0.4, 0.5) is 13.2 Å². The lowest BCUT2D eigenvalue weighted by atomic mass is 10.1. The van der Waals surface area contributed by atoms with Gasteiger partial charge in [0.25, 0.3) is 0 Å². The Balaban J connectivity index is 2.81. The van der Waals surface area contributed by atoms with Gasteiger partial charge >= 0.3 is 6.36 Å². The monoisotopic (exact) mass is 307 g/mol. The average Bonchev–Trinajstić information content (AvgIpc) is 2.34. The molecule has 1 unspecified atom stereocenters. The normalized spacial score (nSPS) is 14.6. The van der Waals surface area contributed by atoms with E-state index in [1.54, 1.807) is 6.07 Å². The van der Waals surface area contributed by atoms with Gasteiger partial charge in [-0.3, -0.25) is 0 Å². The van der Waals surface area contributed by atoms with Gasteiger partial charge in [-0.05, 0) is 32.4 Å². The highest BCUT2D eigenvalue weighted by Gasteiger charge is 2.31. The second-order valence-electron chi connectivity index (χ2n) is 4.72. The van der Waals surface area contributed by atoms with Crippen molar-refractivity contribution in [1.82, 2.24) is 0 Å². The number of alkyl halides is 3. The predicted octanol–water partition coefficient (Wildman–Crippen LogP) is 3.86. The molecule has 3 nitrogen and oxygen atoms in total. The first kappa shape index (κ1) is 16.8. The fourth-order valence-electron chi connectivity index (χ4n) is 1.17. The van der Waals surface area contributed by atoms with Crippen molar-refractivity contribution in [3.63, 3.8) is 0 Å². The molecule has 0 aliphatic heterocycles. The van der Waals surface area contributed by atoms with Crippen molar-refractivity contribution in [2.24, 2.45) is 4.40 Å². The molecule has 0 aliphatic rings. The Morgan fingerprint density at radius 2 is 2.00 bits per heavy atom. The highest BCUT2D eigenvalue weighted by atomic mass is 32.2. The van der Waals surface area contributed by atoms with Crippen LogP contribution in [0.5, 0.6) is 5.75 Å². The van der Waals surface area contributed by atoms with E-state index in [9.17, 15) is 17.7 Å². The van der Waals surface area contributed by atoms with E-state index in [2.05, 4.69) is 9.13 Å².